The Kier molecular flexibility index (Phi) is 6.12. The van der Waals surface area contributed by atoms with E-state index in [1.165, 1.54) is 0 Å². The SMILES string of the molecule is CCN(CC)CC#CCC(=O)O. The lowest BCUT2D eigenvalue weighted by Crippen LogP contribution is -2.22. The molecule has 0 unspecified atom stereocenters. The minimum absolute atomic E-state index is 0.0543. The molecule has 0 aliphatic rings. The van der Waals surface area contributed by atoms with E-state index in [0.29, 0.717) is 6.54 Å². The van der Waals surface area contributed by atoms with Crippen molar-refractivity contribution in [2.75, 3.05) is 19.6 Å². The molecule has 0 heterocycles. The van der Waals surface area contributed by atoms with Gasteiger partial charge in [0.25, 0.3) is 0 Å². The third kappa shape index (κ3) is 5.75. The van der Waals surface area contributed by atoms with Crippen LogP contribution in [-0.2, 0) is 4.79 Å². The Balaban J connectivity index is 3.61. The second kappa shape index (κ2) is 6.68. The van der Waals surface area contributed by atoms with E-state index >= 15 is 0 Å². The summed E-state index contributed by atoms with van der Waals surface area (Å²) in [5, 5.41) is 8.28. The molecular formula is C9H15NO2. The van der Waals surface area contributed by atoms with Crippen LogP contribution in [-0.4, -0.2) is 35.6 Å². The first-order chi connectivity index (χ1) is 5.70. The lowest BCUT2D eigenvalue weighted by Gasteiger charge is -2.12. The molecule has 0 aliphatic carbocycles. The number of aliphatic carboxylic acids is 1. The van der Waals surface area contributed by atoms with Crippen LogP contribution >= 0.6 is 0 Å². The van der Waals surface area contributed by atoms with E-state index in [1.54, 1.807) is 0 Å². The first kappa shape index (κ1) is 11.0. The van der Waals surface area contributed by atoms with Gasteiger partial charge in [-0.1, -0.05) is 25.7 Å². The Morgan fingerprint density at radius 2 is 1.92 bits per heavy atom. The summed E-state index contributed by atoms with van der Waals surface area (Å²) in [6.45, 7) is 6.70. The molecule has 0 aliphatic heterocycles. The molecule has 0 saturated heterocycles. The van der Waals surface area contributed by atoms with Crippen molar-refractivity contribution in [3.63, 3.8) is 0 Å². The van der Waals surface area contributed by atoms with Gasteiger partial charge in [0, 0.05) is 0 Å². The first-order valence-corrected chi connectivity index (χ1v) is 4.10. The van der Waals surface area contributed by atoms with Crippen LogP contribution in [0.5, 0.6) is 0 Å². The van der Waals surface area contributed by atoms with Gasteiger partial charge in [-0.25, -0.2) is 0 Å². The van der Waals surface area contributed by atoms with Crippen molar-refractivity contribution in [2.45, 2.75) is 20.3 Å². The van der Waals surface area contributed by atoms with E-state index in [-0.39, 0.29) is 6.42 Å². The van der Waals surface area contributed by atoms with Gasteiger partial charge in [-0.05, 0) is 13.1 Å². The second-order valence-corrected chi connectivity index (χ2v) is 2.39. The smallest absolute Gasteiger partial charge is 0.315 e. The number of rotatable bonds is 4. The highest BCUT2D eigenvalue weighted by Crippen LogP contribution is 1.84. The van der Waals surface area contributed by atoms with E-state index in [0.717, 1.165) is 13.1 Å². The van der Waals surface area contributed by atoms with Crippen molar-refractivity contribution in [1.82, 2.24) is 4.90 Å². The number of nitrogens with zero attached hydrogens (tertiary/aromatic N) is 1. The molecule has 0 spiro atoms. The first-order valence-electron chi connectivity index (χ1n) is 4.10. The zero-order chi connectivity index (χ0) is 9.40. The Bertz CT molecular complexity index is 186. The average molecular weight is 169 g/mol. The van der Waals surface area contributed by atoms with Gasteiger partial charge in [-0.3, -0.25) is 9.69 Å². The average Bonchev–Trinajstić information content (AvgIpc) is 2.04. The fourth-order valence-electron chi connectivity index (χ4n) is 0.753. The quantitative estimate of drug-likeness (QED) is 0.633. The van der Waals surface area contributed by atoms with Crippen LogP contribution < -0.4 is 0 Å². The van der Waals surface area contributed by atoms with Gasteiger partial charge >= 0.3 is 5.97 Å². The molecule has 0 atom stereocenters. The van der Waals surface area contributed by atoms with Gasteiger partial charge in [-0.15, -0.1) is 0 Å². The summed E-state index contributed by atoms with van der Waals surface area (Å²) >= 11 is 0. The highest BCUT2D eigenvalue weighted by atomic mass is 16.4. The number of carboxylic acids is 1. The minimum Gasteiger partial charge on any atom is -0.481 e. The molecule has 3 nitrogen and oxygen atoms in total. The molecular weight excluding hydrogens is 154 g/mol. The van der Waals surface area contributed by atoms with Gasteiger partial charge in [0.05, 0.1) is 6.54 Å². The Morgan fingerprint density at radius 1 is 1.33 bits per heavy atom. The zero-order valence-corrected chi connectivity index (χ0v) is 7.63. The molecule has 1 N–H and O–H groups in total. The molecule has 3 heteroatoms. The molecule has 0 amide bonds. The number of carbonyl (C=O) groups is 1. The zero-order valence-electron chi connectivity index (χ0n) is 7.63. The van der Waals surface area contributed by atoms with Crippen LogP contribution in [0.3, 0.4) is 0 Å². The lowest BCUT2D eigenvalue weighted by molar-refractivity contribution is -0.135. The summed E-state index contributed by atoms with van der Waals surface area (Å²) in [7, 11) is 0. The molecule has 0 rings (SSSR count). The van der Waals surface area contributed by atoms with Crippen molar-refractivity contribution >= 4 is 5.97 Å². The predicted octanol–water partition coefficient (Wildman–Crippen LogP) is 0.806. The summed E-state index contributed by atoms with van der Waals surface area (Å²) in [4.78, 5) is 12.2. The molecule has 0 aromatic heterocycles. The number of hydrogen-bond acceptors (Lipinski definition) is 2. The van der Waals surface area contributed by atoms with Crippen LogP contribution in [0.1, 0.15) is 20.3 Å². The predicted molar refractivity (Wildman–Crippen MR) is 47.8 cm³/mol. The Labute approximate surface area is 73.4 Å². The van der Waals surface area contributed by atoms with Crippen LogP contribution in [0, 0.1) is 11.8 Å². The highest BCUT2D eigenvalue weighted by molar-refractivity contribution is 5.69. The maximum absolute atomic E-state index is 10.1. The second-order valence-electron chi connectivity index (χ2n) is 2.39. The van der Waals surface area contributed by atoms with Gasteiger partial charge in [-0.2, -0.15) is 0 Å². The number of carboxylic acid groups (broad SMARTS) is 1. The topological polar surface area (TPSA) is 40.5 Å². The van der Waals surface area contributed by atoms with Crippen LogP contribution in [0.25, 0.3) is 0 Å². The third-order valence-electron chi connectivity index (χ3n) is 1.56. The van der Waals surface area contributed by atoms with E-state index in [4.69, 9.17) is 5.11 Å². The fraction of sp³-hybridized carbons (Fsp3) is 0.667. The Hall–Kier alpha value is -1.01. The molecule has 0 radical (unpaired) electrons. The van der Waals surface area contributed by atoms with Crippen molar-refractivity contribution < 1.29 is 9.90 Å². The molecule has 0 aromatic carbocycles. The summed E-state index contributed by atoms with van der Waals surface area (Å²) in [6.07, 6.45) is -0.0543. The lowest BCUT2D eigenvalue weighted by atomic mass is 10.4. The van der Waals surface area contributed by atoms with Crippen molar-refractivity contribution in [3.05, 3.63) is 0 Å². The van der Waals surface area contributed by atoms with Crippen molar-refractivity contribution in [3.8, 4) is 11.8 Å². The minimum atomic E-state index is -0.859. The molecule has 0 saturated carbocycles. The van der Waals surface area contributed by atoms with Gasteiger partial charge in [0.15, 0.2) is 0 Å². The molecule has 68 valence electrons. The van der Waals surface area contributed by atoms with Crippen molar-refractivity contribution in [2.24, 2.45) is 0 Å². The Morgan fingerprint density at radius 3 is 2.33 bits per heavy atom. The largest absolute Gasteiger partial charge is 0.481 e. The van der Waals surface area contributed by atoms with E-state index < -0.39 is 5.97 Å². The monoisotopic (exact) mass is 169 g/mol. The van der Waals surface area contributed by atoms with Crippen molar-refractivity contribution in [1.29, 1.82) is 0 Å². The molecule has 0 fully saturated rings. The van der Waals surface area contributed by atoms with E-state index in [2.05, 4.69) is 30.6 Å². The fourth-order valence-corrected chi connectivity index (χ4v) is 0.753. The summed E-state index contributed by atoms with van der Waals surface area (Å²) in [5.41, 5.74) is 0. The van der Waals surface area contributed by atoms with Crippen LogP contribution in [0.4, 0.5) is 0 Å². The molecule has 0 bridgehead atoms. The summed E-state index contributed by atoms with van der Waals surface area (Å²) in [5.74, 6) is 4.55. The van der Waals surface area contributed by atoms with Crippen LogP contribution in [0.15, 0.2) is 0 Å². The summed E-state index contributed by atoms with van der Waals surface area (Å²) < 4.78 is 0. The summed E-state index contributed by atoms with van der Waals surface area (Å²) in [6, 6.07) is 0. The van der Waals surface area contributed by atoms with E-state index in [1.807, 2.05) is 0 Å². The maximum atomic E-state index is 10.1. The standard InChI is InChI=1S/C9H15NO2/c1-3-10(4-2)8-6-5-7-9(11)12/h3-4,7-8H2,1-2H3,(H,11,12). The maximum Gasteiger partial charge on any atom is 0.315 e. The normalized spacial score (nSPS) is 9.25. The van der Waals surface area contributed by atoms with Crippen LogP contribution in [0.2, 0.25) is 0 Å². The highest BCUT2D eigenvalue weighted by Gasteiger charge is 1.93. The molecule has 12 heavy (non-hydrogen) atoms. The van der Waals surface area contributed by atoms with Gasteiger partial charge in [0.1, 0.15) is 6.42 Å². The van der Waals surface area contributed by atoms with Gasteiger partial charge < -0.3 is 5.11 Å². The number of hydrogen-bond donors (Lipinski definition) is 1. The van der Waals surface area contributed by atoms with E-state index in [9.17, 15) is 4.79 Å². The molecule has 0 aromatic rings. The van der Waals surface area contributed by atoms with Gasteiger partial charge in [0.2, 0.25) is 0 Å². The third-order valence-corrected chi connectivity index (χ3v) is 1.56.